The number of thioether (sulfide) groups is 1. The number of benzene rings is 3. The highest BCUT2D eigenvalue weighted by Crippen LogP contribution is 2.25. The van der Waals surface area contributed by atoms with Crippen LogP contribution in [0.4, 0.5) is 0 Å². The van der Waals surface area contributed by atoms with Crippen molar-refractivity contribution < 1.29 is 4.79 Å². The molecule has 0 radical (unpaired) electrons. The molecule has 1 atom stereocenters. The van der Waals surface area contributed by atoms with Gasteiger partial charge in [-0.25, -0.2) is 4.98 Å². The largest absolute Gasteiger partial charge is 0.341 e. The van der Waals surface area contributed by atoms with E-state index in [1.165, 1.54) is 6.33 Å². The molecule has 150 valence electrons. The first kappa shape index (κ1) is 20.2. The van der Waals surface area contributed by atoms with Crippen LogP contribution >= 0.6 is 23.4 Å². The average molecular weight is 435 g/mol. The van der Waals surface area contributed by atoms with Gasteiger partial charge in [0.25, 0.3) is 5.91 Å². The Morgan fingerprint density at radius 3 is 2.47 bits per heavy atom. The van der Waals surface area contributed by atoms with Gasteiger partial charge in [0.2, 0.25) is 0 Å². The Bertz CT molecular complexity index is 1100. The second kappa shape index (κ2) is 9.61. The fourth-order valence-electron chi connectivity index (χ4n) is 3.07. The zero-order chi connectivity index (χ0) is 20.8. The summed E-state index contributed by atoms with van der Waals surface area (Å²) >= 11 is 7.75. The van der Waals surface area contributed by atoms with Crippen LogP contribution in [-0.2, 0) is 5.75 Å². The molecule has 1 amide bonds. The van der Waals surface area contributed by atoms with Gasteiger partial charge < -0.3 is 5.32 Å². The van der Waals surface area contributed by atoms with Crippen molar-refractivity contribution in [2.45, 2.75) is 17.0 Å². The van der Waals surface area contributed by atoms with Crippen molar-refractivity contribution in [3.8, 4) is 0 Å². The smallest absolute Gasteiger partial charge is 0.252 e. The number of aromatic amines is 1. The predicted octanol–water partition coefficient (Wildman–Crippen LogP) is 5.27. The lowest BCUT2D eigenvalue weighted by Gasteiger charge is -2.20. The third-order valence-corrected chi connectivity index (χ3v) is 5.76. The number of hydrogen-bond donors (Lipinski definition) is 2. The van der Waals surface area contributed by atoms with E-state index < -0.39 is 0 Å². The molecule has 0 fully saturated rings. The first-order chi connectivity index (χ1) is 14.7. The van der Waals surface area contributed by atoms with Gasteiger partial charge in [-0.05, 0) is 41.0 Å². The van der Waals surface area contributed by atoms with Crippen LogP contribution in [0.2, 0.25) is 5.02 Å². The number of carbonyl (C=O) groups is 1. The number of nitrogens with zero attached hydrogens (tertiary/aromatic N) is 2. The number of H-pyrrole nitrogens is 1. The number of aromatic nitrogens is 3. The summed E-state index contributed by atoms with van der Waals surface area (Å²) in [6, 6.07) is 24.7. The van der Waals surface area contributed by atoms with Crippen LogP contribution in [-0.4, -0.2) is 21.1 Å². The highest BCUT2D eigenvalue weighted by Gasteiger charge is 2.18. The minimum absolute atomic E-state index is 0.140. The van der Waals surface area contributed by atoms with Gasteiger partial charge in [0.05, 0.1) is 6.04 Å². The van der Waals surface area contributed by atoms with Crippen molar-refractivity contribution in [2.24, 2.45) is 0 Å². The van der Waals surface area contributed by atoms with E-state index in [9.17, 15) is 4.79 Å². The van der Waals surface area contributed by atoms with Gasteiger partial charge in [-0.2, -0.15) is 5.10 Å². The summed E-state index contributed by atoms with van der Waals surface area (Å²) in [6.45, 7) is 0. The van der Waals surface area contributed by atoms with Crippen LogP contribution in [0.15, 0.2) is 90.3 Å². The predicted molar refractivity (Wildman–Crippen MR) is 120 cm³/mol. The molecule has 2 N–H and O–H groups in total. The zero-order valence-corrected chi connectivity index (χ0v) is 17.5. The minimum Gasteiger partial charge on any atom is -0.341 e. The molecule has 3 aromatic carbocycles. The topological polar surface area (TPSA) is 70.7 Å². The van der Waals surface area contributed by atoms with Crippen LogP contribution in [0, 0.1) is 0 Å². The van der Waals surface area contributed by atoms with Gasteiger partial charge in [0.1, 0.15) is 6.33 Å². The maximum atomic E-state index is 13.0. The molecule has 0 spiro atoms. The number of nitrogens with one attached hydrogen (secondary N) is 2. The molecular weight excluding hydrogens is 416 g/mol. The second-order valence-corrected chi connectivity index (χ2v) is 8.05. The van der Waals surface area contributed by atoms with Crippen molar-refractivity contribution >= 4 is 29.3 Å². The van der Waals surface area contributed by atoms with Crippen molar-refractivity contribution in [1.29, 1.82) is 0 Å². The highest BCUT2D eigenvalue weighted by atomic mass is 35.5. The Balaban J connectivity index is 1.49. The lowest BCUT2D eigenvalue weighted by atomic mass is 9.98. The fourth-order valence-corrected chi connectivity index (χ4v) is 4.01. The van der Waals surface area contributed by atoms with Crippen LogP contribution in [0.25, 0.3) is 0 Å². The van der Waals surface area contributed by atoms with Crippen LogP contribution in [0.3, 0.4) is 0 Å². The van der Waals surface area contributed by atoms with Crippen molar-refractivity contribution in [1.82, 2.24) is 20.5 Å². The fraction of sp³-hybridized carbons (Fsp3) is 0.0870. The highest BCUT2D eigenvalue weighted by molar-refractivity contribution is 7.98. The van der Waals surface area contributed by atoms with Gasteiger partial charge in [-0.1, -0.05) is 78.0 Å². The van der Waals surface area contributed by atoms with Gasteiger partial charge in [0, 0.05) is 16.3 Å². The number of rotatable bonds is 7. The van der Waals surface area contributed by atoms with E-state index in [-0.39, 0.29) is 11.9 Å². The molecule has 0 aliphatic heterocycles. The lowest BCUT2D eigenvalue weighted by Crippen LogP contribution is -2.29. The molecule has 30 heavy (non-hydrogen) atoms. The molecule has 4 aromatic rings. The molecule has 0 aliphatic rings. The van der Waals surface area contributed by atoms with Crippen LogP contribution < -0.4 is 5.32 Å². The van der Waals surface area contributed by atoms with E-state index in [0.717, 1.165) is 27.6 Å². The molecule has 1 unspecified atom stereocenters. The Kier molecular flexibility index (Phi) is 6.47. The second-order valence-electron chi connectivity index (χ2n) is 6.65. The number of hydrogen-bond acceptors (Lipinski definition) is 4. The Morgan fingerprint density at radius 1 is 1.00 bits per heavy atom. The van der Waals surface area contributed by atoms with Crippen LogP contribution in [0.1, 0.15) is 33.1 Å². The molecule has 7 heteroatoms. The van der Waals surface area contributed by atoms with Gasteiger partial charge >= 0.3 is 0 Å². The van der Waals surface area contributed by atoms with Crippen molar-refractivity contribution in [3.63, 3.8) is 0 Å². The SMILES string of the molecule is O=C(NC(c1ccccc1)c1cccc(Cl)c1)c1ccc(CSc2ncn[nH]2)cc1. The maximum absolute atomic E-state index is 13.0. The molecule has 5 nitrogen and oxygen atoms in total. The monoisotopic (exact) mass is 434 g/mol. The summed E-state index contributed by atoms with van der Waals surface area (Å²) in [5.74, 6) is 0.602. The minimum atomic E-state index is -0.293. The quantitative estimate of drug-likeness (QED) is 0.389. The molecule has 0 saturated heterocycles. The lowest BCUT2D eigenvalue weighted by molar-refractivity contribution is 0.0943. The Morgan fingerprint density at radius 2 is 1.77 bits per heavy atom. The normalized spacial score (nSPS) is 11.8. The molecule has 1 aromatic heterocycles. The maximum Gasteiger partial charge on any atom is 0.252 e. The van der Waals surface area contributed by atoms with E-state index in [1.807, 2.05) is 78.9 Å². The summed E-state index contributed by atoms with van der Waals surface area (Å²) < 4.78 is 0. The number of amides is 1. The molecule has 0 bridgehead atoms. The summed E-state index contributed by atoms with van der Waals surface area (Å²) in [4.78, 5) is 17.1. The van der Waals surface area contributed by atoms with Crippen molar-refractivity contribution in [2.75, 3.05) is 0 Å². The number of halogens is 1. The molecule has 4 rings (SSSR count). The van der Waals surface area contributed by atoms with Crippen molar-refractivity contribution in [3.05, 3.63) is 112 Å². The van der Waals surface area contributed by atoms with Gasteiger partial charge in [-0.3, -0.25) is 9.89 Å². The molecule has 0 saturated carbocycles. The third kappa shape index (κ3) is 5.09. The van der Waals surface area contributed by atoms with E-state index in [4.69, 9.17) is 11.6 Å². The summed E-state index contributed by atoms with van der Waals surface area (Å²) in [6.07, 6.45) is 1.48. The number of carbonyl (C=O) groups excluding carboxylic acids is 1. The summed E-state index contributed by atoms with van der Waals surface area (Å²) in [5.41, 5.74) is 3.63. The standard InChI is InChI=1S/C23H19ClN4OS/c24-20-8-4-7-19(13-20)21(17-5-2-1-3-6-17)27-22(29)18-11-9-16(10-12-18)14-30-23-25-15-26-28-23/h1-13,15,21H,14H2,(H,27,29)(H,25,26,28). The molecular formula is C23H19ClN4OS. The van der Waals surface area contributed by atoms with Gasteiger partial charge in [0.15, 0.2) is 5.16 Å². The first-order valence-electron chi connectivity index (χ1n) is 9.37. The zero-order valence-electron chi connectivity index (χ0n) is 16.0. The van der Waals surface area contributed by atoms with Gasteiger partial charge in [-0.15, -0.1) is 0 Å². The first-order valence-corrected chi connectivity index (χ1v) is 10.7. The summed E-state index contributed by atoms with van der Waals surface area (Å²) in [7, 11) is 0. The van der Waals surface area contributed by atoms with E-state index in [2.05, 4.69) is 20.5 Å². The van der Waals surface area contributed by atoms with E-state index in [1.54, 1.807) is 11.8 Å². The van der Waals surface area contributed by atoms with E-state index >= 15 is 0 Å². The Labute approximate surface area is 183 Å². The molecule has 0 aliphatic carbocycles. The summed E-state index contributed by atoms with van der Waals surface area (Å²) in [5, 5.41) is 11.2. The third-order valence-electron chi connectivity index (χ3n) is 4.57. The Hall–Kier alpha value is -3.09. The van der Waals surface area contributed by atoms with Crippen LogP contribution in [0.5, 0.6) is 0 Å². The average Bonchev–Trinajstić information content (AvgIpc) is 3.30. The molecule has 1 heterocycles. The van der Waals surface area contributed by atoms with E-state index in [0.29, 0.717) is 10.6 Å².